The highest BCUT2D eigenvalue weighted by atomic mass is 16.5. The van der Waals surface area contributed by atoms with Gasteiger partial charge >= 0.3 is 0 Å². The van der Waals surface area contributed by atoms with E-state index in [1.807, 2.05) is 0 Å². The van der Waals surface area contributed by atoms with Crippen molar-refractivity contribution in [3.8, 4) is 0 Å². The van der Waals surface area contributed by atoms with E-state index in [1.165, 1.54) is 0 Å². The fourth-order valence-electron chi connectivity index (χ4n) is 1.17. The van der Waals surface area contributed by atoms with E-state index in [9.17, 15) is 0 Å². The Kier molecular flexibility index (Phi) is 5.57. The topological polar surface area (TPSA) is 18.5 Å². The average molecular weight is 188 g/mol. The van der Waals surface area contributed by atoms with E-state index in [-0.39, 0.29) is 0 Å². The van der Waals surface area contributed by atoms with E-state index < -0.39 is 0 Å². The molecule has 0 aromatic heterocycles. The molecular formula is C11H24O2. The van der Waals surface area contributed by atoms with E-state index in [2.05, 4.69) is 34.6 Å². The molecular weight excluding hydrogens is 164 g/mol. The van der Waals surface area contributed by atoms with Crippen LogP contribution in [0.5, 0.6) is 0 Å². The molecule has 0 fully saturated rings. The van der Waals surface area contributed by atoms with Gasteiger partial charge in [-0.25, -0.2) is 0 Å². The molecule has 0 unspecified atom stereocenters. The summed E-state index contributed by atoms with van der Waals surface area (Å²) in [4.78, 5) is 0. The van der Waals surface area contributed by atoms with Crippen LogP contribution in [-0.4, -0.2) is 26.4 Å². The Balaban J connectivity index is 3.76. The summed E-state index contributed by atoms with van der Waals surface area (Å²) >= 11 is 0. The number of hydrogen-bond acceptors (Lipinski definition) is 2. The number of ether oxygens (including phenoxy) is 2. The van der Waals surface area contributed by atoms with Gasteiger partial charge in [-0.3, -0.25) is 0 Å². The first-order valence-electron chi connectivity index (χ1n) is 5.00. The molecule has 2 atom stereocenters. The Morgan fingerprint density at radius 1 is 1.08 bits per heavy atom. The van der Waals surface area contributed by atoms with Crippen molar-refractivity contribution in [2.75, 3.05) is 20.3 Å². The first-order valence-corrected chi connectivity index (χ1v) is 5.00. The van der Waals surface area contributed by atoms with Crippen LogP contribution < -0.4 is 0 Å². The maximum atomic E-state index is 5.65. The molecule has 0 saturated heterocycles. The van der Waals surface area contributed by atoms with Crippen molar-refractivity contribution in [1.82, 2.24) is 0 Å². The van der Waals surface area contributed by atoms with Crippen LogP contribution in [0.4, 0.5) is 0 Å². The molecule has 0 aliphatic carbocycles. The summed E-state index contributed by atoms with van der Waals surface area (Å²) in [7, 11) is 1.70. The number of hydrogen-bond donors (Lipinski definition) is 0. The van der Waals surface area contributed by atoms with Crippen molar-refractivity contribution in [3.63, 3.8) is 0 Å². The van der Waals surface area contributed by atoms with Crippen LogP contribution in [0.15, 0.2) is 0 Å². The minimum absolute atomic E-state index is 0.301. The Bertz CT molecular complexity index is 127. The summed E-state index contributed by atoms with van der Waals surface area (Å²) in [6.07, 6.45) is 0.301. The lowest BCUT2D eigenvalue weighted by molar-refractivity contribution is -0.0254. The van der Waals surface area contributed by atoms with Gasteiger partial charge in [0.15, 0.2) is 0 Å². The second kappa shape index (κ2) is 5.61. The molecule has 80 valence electrons. The Labute approximate surface area is 82.6 Å². The van der Waals surface area contributed by atoms with Gasteiger partial charge in [-0.2, -0.15) is 0 Å². The molecule has 0 bridgehead atoms. The van der Waals surface area contributed by atoms with Crippen molar-refractivity contribution in [2.45, 2.75) is 40.7 Å². The highest BCUT2D eigenvalue weighted by Gasteiger charge is 2.25. The third kappa shape index (κ3) is 5.27. The maximum absolute atomic E-state index is 5.65. The number of rotatable bonds is 5. The molecule has 0 aromatic carbocycles. The lowest BCUT2D eigenvalue weighted by Crippen LogP contribution is -2.30. The summed E-state index contributed by atoms with van der Waals surface area (Å²) in [5, 5.41) is 0. The smallest absolute Gasteiger partial charge is 0.0704 e. The maximum Gasteiger partial charge on any atom is 0.0704 e. The van der Waals surface area contributed by atoms with Crippen LogP contribution in [0.2, 0.25) is 0 Å². The molecule has 0 aliphatic heterocycles. The summed E-state index contributed by atoms with van der Waals surface area (Å²) in [5.41, 5.74) is 0.312. The molecule has 2 nitrogen and oxygen atoms in total. The zero-order valence-corrected chi connectivity index (χ0v) is 9.89. The van der Waals surface area contributed by atoms with Crippen LogP contribution in [0.3, 0.4) is 0 Å². The average Bonchev–Trinajstić information content (AvgIpc) is 2.01. The molecule has 0 rings (SSSR count). The molecule has 0 N–H and O–H groups in total. The van der Waals surface area contributed by atoms with E-state index in [0.717, 1.165) is 0 Å². The third-order valence-corrected chi connectivity index (χ3v) is 2.74. The second-order valence-electron chi connectivity index (χ2n) is 4.72. The number of methoxy groups -OCH3 is 1. The fraction of sp³-hybridized carbons (Fsp3) is 1.00. The first kappa shape index (κ1) is 12.9. The predicted octanol–water partition coefficient (Wildman–Crippen LogP) is 2.72. The molecule has 0 aliphatic rings. The molecule has 13 heavy (non-hydrogen) atoms. The lowest BCUT2D eigenvalue weighted by Gasteiger charge is -2.32. The monoisotopic (exact) mass is 188 g/mol. The SMILES string of the molecule is COCCO[C@H](C)[C@@H](C)C(C)(C)C. The lowest BCUT2D eigenvalue weighted by atomic mass is 9.79. The molecule has 0 spiro atoms. The van der Waals surface area contributed by atoms with Crippen molar-refractivity contribution in [3.05, 3.63) is 0 Å². The van der Waals surface area contributed by atoms with Gasteiger partial charge in [0.05, 0.1) is 19.3 Å². The van der Waals surface area contributed by atoms with E-state index >= 15 is 0 Å². The van der Waals surface area contributed by atoms with Gasteiger partial charge in [0, 0.05) is 7.11 Å². The molecule has 0 radical (unpaired) electrons. The zero-order chi connectivity index (χ0) is 10.5. The fourth-order valence-corrected chi connectivity index (χ4v) is 1.17. The van der Waals surface area contributed by atoms with Crippen molar-refractivity contribution in [2.24, 2.45) is 11.3 Å². The van der Waals surface area contributed by atoms with Gasteiger partial charge in [-0.1, -0.05) is 27.7 Å². The summed E-state index contributed by atoms with van der Waals surface area (Å²) in [5.74, 6) is 0.560. The Morgan fingerprint density at radius 3 is 2.00 bits per heavy atom. The molecule has 0 saturated carbocycles. The summed E-state index contributed by atoms with van der Waals surface area (Å²) in [6.45, 7) is 12.5. The Hall–Kier alpha value is -0.0800. The van der Waals surface area contributed by atoms with Gasteiger partial charge < -0.3 is 9.47 Å². The highest BCUT2D eigenvalue weighted by Crippen LogP contribution is 2.29. The van der Waals surface area contributed by atoms with Gasteiger partial charge in [0.2, 0.25) is 0 Å². The predicted molar refractivity (Wildman–Crippen MR) is 55.9 cm³/mol. The van der Waals surface area contributed by atoms with Crippen molar-refractivity contribution in [1.29, 1.82) is 0 Å². The highest BCUT2D eigenvalue weighted by molar-refractivity contribution is 4.74. The van der Waals surface area contributed by atoms with Gasteiger partial charge in [0.25, 0.3) is 0 Å². The molecule has 0 amide bonds. The van der Waals surface area contributed by atoms with Crippen LogP contribution in [-0.2, 0) is 9.47 Å². The van der Waals surface area contributed by atoms with Crippen LogP contribution in [0.1, 0.15) is 34.6 Å². The van der Waals surface area contributed by atoms with E-state index in [0.29, 0.717) is 30.7 Å². The first-order chi connectivity index (χ1) is 5.89. The Morgan fingerprint density at radius 2 is 1.62 bits per heavy atom. The zero-order valence-electron chi connectivity index (χ0n) is 9.89. The van der Waals surface area contributed by atoms with Crippen molar-refractivity contribution < 1.29 is 9.47 Å². The summed E-state index contributed by atoms with van der Waals surface area (Å²) in [6, 6.07) is 0. The van der Waals surface area contributed by atoms with Crippen LogP contribution in [0, 0.1) is 11.3 Å². The molecule has 0 heterocycles. The largest absolute Gasteiger partial charge is 0.382 e. The minimum Gasteiger partial charge on any atom is -0.382 e. The van der Waals surface area contributed by atoms with E-state index in [1.54, 1.807) is 7.11 Å². The second-order valence-corrected chi connectivity index (χ2v) is 4.72. The summed E-state index contributed by atoms with van der Waals surface area (Å²) < 4.78 is 10.6. The van der Waals surface area contributed by atoms with Gasteiger partial charge in [-0.15, -0.1) is 0 Å². The normalized spacial score (nSPS) is 17.1. The van der Waals surface area contributed by atoms with Crippen LogP contribution >= 0.6 is 0 Å². The quantitative estimate of drug-likeness (QED) is 0.618. The van der Waals surface area contributed by atoms with E-state index in [4.69, 9.17) is 9.47 Å². The standard InChI is InChI=1S/C11H24O2/c1-9(11(3,4)5)10(2)13-8-7-12-6/h9-10H,7-8H2,1-6H3/t9-,10-/m1/s1. The third-order valence-electron chi connectivity index (χ3n) is 2.74. The molecule has 0 aromatic rings. The van der Waals surface area contributed by atoms with Gasteiger partial charge in [0.1, 0.15) is 0 Å². The van der Waals surface area contributed by atoms with Crippen molar-refractivity contribution >= 4 is 0 Å². The minimum atomic E-state index is 0.301. The van der Waals surface area contributed by atoms with Crippen LogP contribution in [0.25, 0.3) is 0 Å². The molecule has 2 heteroatoms. The van der Waals surface area contributed by atoms with Gasteiger partial charge in [-0.05, 0) is 18.3 Å².